The van der Waals surface area contributed by atoms with Crippen molar-refractivity contribution in [3.8, 4) is 0 Å². The number of fused-ring (bicyclic) bond motifs is 1. The number of hydrogen-bond donors (Lipinski definition) is 0. The fourth-order valence-electron chi connectivity index (χ4n) is 2.18. The lowest BCUT2D eigenvalue weighted by atomic mass is 10.0. The Morgan fingerprint density at radius 1 is 1.16 bits per heavy atom. The molecule has 0 unspecified atom stereocenters. The highest BCUT2D eigenvalue weighted by Crippen LogP contribution is 2.21. The number of carbonyl (C=O) groups excluding carboxylic acids is 2. The van der Waals surface area contributed by atoms with Crippen LogP contribution in [0.25, 0.3) is 10.8 Å². The van der Waals surface area contributed by atoms with Crippen LogP contribution in [0.4, 0.5) is 0 Å². The van der Waals surface area contributed by atoms with Gasteiger partial charge in [-0.15, -0.1) is 0 Å². The Balaban J connectivity index is 1.87. The molecular weight excluding hydrogens is 244 g/mol. The molecule has 3 rings (SSSR count). The zero-order valence-electron chi connectivity index (χ0n) is 10.2. The van der Waals surface area contributed by atoms with Gasteiger partial charge >= 0.3 is 11.9 Å². The third-order valence-electron chi connectivity index (χ3n) is 3.11. The molecule has 4 heteroatoms. The number of ether oxygens (including phenoxy) is 2. The first-order chi connectivity index (χ1) is 9.24. The molecule has 1 atom stereocenters. The zero-order chi connectivity index (χ0) is 13.2. The van der Waals surface area contributed by atoms with E-state index in [0.29, 0.717) is 5.56 Å². The number of cyclic esters (lactones) is 1. The SMILES string of the molecule is O=C1C[C@@H](OC(=O)c2cccc3ccccc23)CO1. The smallest absolute Gasteiger partial charge is 0.339 e. The van der Waals surface area contributed by atoms with Crippen molar-refractivity contribution < 1.29 is 19.1 Å². The zero-order valence-corrected chi connectivity index (χ0v) is 10.2. The summed E-state index contributed by atoms with van der Waals surface area (Å²) >= 11 is 0. The Morgan fingerprint density at radius 3 is 2.74 bits per heavy atom. The van der Waals surface area contributed by atoms with Crippen molar-refractivity contribution in [2.45, 2.75) is 12.5 Å². The average Bonchev–Trinajstić information content (AvgIpc) is 2.83. The third-order valence-corrected chi connectivity index (χ3v) is 3.11. The molecule has 4 nitrogen and oxygen atoms in total. The number of benzene rings is 2. The summed E-state index contributed by atoms with van der Waals surface area (Å²) < 4.78 is 10.1. The molecule has 0 aromatic heterocycles. The van der Waals surface area contributed by atoms with Crippen LogP contribution >= 0.6 is 0 Å². The molecule has 0 spiro atoms. The number of rotatable bonds is 2. The van der Waals surface area contributed by atoms with Crippen molar-refractivity contribution >= 4 is 22.7 Å². The molecule has 1 fully saturated rings. The first kappa shape index (κ1) is 11.7. The van der Waals surface area contributed by atoms with Crippen LogP contribution in [0, 0.1) is 0 Å². The fourth-order valence-corrected chi connectivity index (χ4v) is 2.18. The van der Waals surface area contributed by atoms with E-state index in [1.165, 1.54) is 0 Å². The normalized spacial score (nSPS) is 18.3. The highest BCUT2D eigenvalue weighted by atomic mass is 16.6. The predicted octanol–water partition coefficient (Wildman–Crippen LogP) is 2.31. The first-order valence-electron chi connectivity index (χ1n) is 6.08. The predicted molar refractivity (Wildman–Crippen MR) is 68.7 cm³/mol. The van der Waals surface area contributed by atoms with E-state index >= 15 is 0 Å². The lowest BCUT2D eigenvalue weighted by Crippen LogP contribution is -2.18. The van der Waals surface area contributed by atoms with Gasteiger partial charge < -0.3 is 9.47 Å². The molecule has 1 saturated heterocycles. The van der Waals surface area contributed by atoms with Gasteiger partial charge in [-0.05, 0) is 16.8 Å². The third kappa shape index (κ3) is 2.29. The lowest BCUT2D eigenvalue weighted by molar-refractivity contribution is -0.137. The van der Waals surface area contributed by atoms with Crippen LogP contribution in [0.3, 0.4) is 0 Å². The molecule has 1 heterocycles. The van der Waals surface area contributed by atoms with Crippen LogP contribution in [0.15, 0.2) is 42.5 Å². The molecule has 96 valence electrons. The monoisotopic (exact) mass is 256 g/mol. The van der Waals surface area contributed by atoms with Crippen molar-refractivity contribution in [3.05, 3.63) is 48.0 Å². The summed E-state index contributed by atoms with van der Waals surface area (Å²) in [7, 11) is 0. The number of carbonyl (C=O) groups is 2. The highest BCUT2D eigenvalue weighted by molar-refractivity contribution is 6.04. The summed E-state index contributed by atoms with van der Waals surface area (Å²) in [6, 6.07) is 13.1. The Bertz CT molecular complexity index is 642. The van der Waals surface area contributed by atoms with Crippen molar-refractivity contribution in [1.82, 2.24) is 0 Å². The summed E-state index contributed by atoms with van der Waals surface area (Å²) in [4.78, 5) is 23.1. The van der Waals surface area contributed by atoms with Gasteiger partial charge in [0, 0.05) is 0 Å². The minimum absolute atomic E-state index is 0.135. The maximum atomic E-state index is 12.1. The first-order valence-corrected chi connectivity index (χ1v) is 6.08. The summed E-state index contributed by atoms with van der Waals surface area (Å²) in [6.45, 7) is 0.148. The maximum Gasteiger partial charge on any atom is 0.339 e. The molecule has 19 heavy (non-hydrogen) atoms. The molecule has 0 amide bonds. The summed E-state index contributed by atoms with van der Waals surface area (Å²) in [5.41, 5.74) is 0.512. The largest absolute Gasteiger partial charge is 0.462 e. The fraction of sp³-hybridized carbons (Fsp3) is 0.200. The molecule has 0 radical (unpaired) electrons. The highest BCUT2D eigenvalue weighted by Gasteiger charge is 2.27. The van der Waals surface area contributed by atoms with Crippen LogP contribution < -0.4 is 0 Å². The van der Waals surface area contributed by atoms with E-state index in [0.717, 1.165) is 10.8 Å². The van der Waals surface area contributed by atoms with E-state index in [1.807, 2.05) is 36.4 Å². The topological polar surface area (TPSA) is 52.6 Å². The van der Waals surface area contributed by atoms with Crippen molar-refractivity contribution in [2.24, 2.45) is 0 Å². The second-order valence-corrected chi connectivity index (χ2v) is 4.44. The van der Waals surface area contributed by atoms with Crippen LogP contribution in [0.2, 0.25) is 0 Å². The van der Waals surface area contributed by atoms with Gasteiger partial charge in [0.25, 0.3) is 0 Å². The molecule has 0 saturated carbocycles. The van der Waals surface area contributed by atoms with E-state index < -0.39 is 12.1 Å². The minimum atomic E-state index is -0.473. The van der Waals surface area contributed by atoms with Gasteiger partial charge in [0.05, 0.1) is 12.0 Å². The van der Waals surface area contributed by atoms with Crippen molar-refractivity contribution in [1.29, 1.82) is 0 Å². The lowest BCUT2D eigenvalue weighted by Gasteiger charge is -2.10. The summed E-state index contributed by atoms with van der Waals surface area (Å²) in [5.74, 6) is -0.740. The van der Waals surface area contributed by atoms with Crippen LogP contribution in [-0.4, -0.2) is 24.6 Å². The van der Waals surface area contributed by atoms with Crippen LogP contribution in [-0.2, 0) is 14.3 Å². The average molecular weight is 256 g/mol. The van der Waals surface area contributed by atoms with Gasteiger partial charge in [0.2, 0.25) is 0 Å². The van der Waals surface area contributed by atoms with Gasteiger partial charge in [0.1, 0.15) is 12.7 Å². The van der Waals surface area contributed by atoms with E-state index in [2.05, 4.69) is 0 Å². The molecule has 1 aliphatic rings. The minimum Gasteiger partial charge on any atom is -0.462 e. The van der Waals surface area contributed by atoms with E-state index in [4.69, 9.17) is 9.47 Å². The van der Waals surface area contributed by atoms with Crippen molar-refractivity contribution in [3.63, 3.8) is 0 Å². The quantitative estimate of drug-likeness (QED) is 0.774. The maximum absolute atomic E-state index is 12.1. The molecule has 2 aromatic rings. The number of hydrogen-bond acceptors (Lipinski definition) is 4. The summed E-state index contributed by atoms with van der Waals surface area (Å²) in [5, 5.41) is 1.83. The van der Waals surface area contributed by atoms with Gasteiger partial charge in [-0.1, -0.05) is 36.4 Å². The van der Waals surface area contributed by atoms with E-state index in [1.54, 1.807) is 6.07 Å². The molecule has 0 aliphatic carbocycles. The summed E-state index contributed by atoms with van der Waals surface area (Å²) in [6.07, 6.45) is -0.338. The second-order valence-electron chi connectivity index (χ2n) is 4.44. The second kappa shape index (κ2) is 4.72. The Hall–Kier alpha value is -2.36. The van der Waals surface area contributed by atoms with E-state index in [9.17, 15) is 9.59 Å². The molecule has 0 N–H and O–H groups in total. The molecular formula is C15H12O4. The van der Waals surface area contributed by atoms with Gasteiger partial charge in [-0.3, -0.25) is 4.79 Å². The number of esters is 2. The molecule has 0 bridgehead atoms. The Kier molecular flexibility index (Phi) is 2.91. The standard InChI is InChI=1S/C15H12O4/c16-14-8-11(9-18-14)19-15(17)13-7-3-5-10-4-1-2-6-12(10)13/h1-7,11H,8-9H2/t11-/m1/s1. The molecule has 1 aliphatic heterocycles. The Labute approximate surface area is 109 Å². The van der Waals surface area contributed by atoms with E-state index in [-0.39, 0.29) is 19.0 Å². The van der Waals surface area contributed by atoms with Crippen LogP contribution in [0.1, 0.15) is 16.8 Å². The van der Waals surface area contributed by atoms with Gasteiger partial charge in [0.15, 0.2) is 0 Å². The van der Waals surface area contributed by atoms with Gasteiger partial charge in [-0.25, -0.2) is 4.79 Å². The van der Waals surface area contributed by atoms with Gasteiger partial charge in [-0.2, -0.15) is 0 Å². The Morgan fingerprint density at radius 2 is 1.95 bits per heavy atom. The molecule has 2 aromatic carbocycles. The van der Waals surface area contributed by atoms with Crippen LogP contribution in [0.5, 0.6) is 0 Å². The van der Waals surface area contributed by atoms with Crippen molar-refractivity contribution in [2.75, 3.05) is 6.61 Å².